The van der Waals surface area contributed by atoms with E-state index in [1.165, 1.54) is 12.1 Å². The van der Waals surface area contributed by atoms with Gasteiger partial charge in [0, 0.05) is 32.0 Å². The Balaban J connectivity index is 1.54. The predicted molar refractivity (Wildman–Crippen MR) is 73.5 cm³/mol. The Morgan fingerprint density at radius 3 is 2.85 bits per heavy atom. The van der Waals surface area contributed by atoms with E-state index >= 15 is 0 Å². The maximum absolute atomic E-state index is 12.8. The third-order valence-electron chi connectivity index (χ3n) is 3.80. The minimum absolute atomic E-state index is 0.274. The van der Waals surface area contributed by atoms with Gasteiger partial charge in [0.2, 0.25) is 0 Å². The molecular weight excluding hydrogens is 257 g/mol. The largest absolute Gasteiger partial charge is 0.388 e. The van der Waals surface area contributed by atoms with E-state index in [0.717, 1.165) is 37.6 Å². The van der Waals surface area contributed by atoms with Crippen LogP contribution in [0.3, 0.4) is 0 Å². The van der Waals surface area contributed by atoms with Gasteiger partial charge in [0.05, 0.1) is 12.6 Å². The molecule has 2 aromatic rings. The topological polar surface area (TPSA) is 41.3 Å². The van der Waals surface area contributed by atoms with Crippen LogP contribution >= 0.6 is 0 Å². The monoisotopic (exact) mass is 275 g/mol. The third kappa shape index (κ3) is 2.89. The standard InChI is InChI=1S/C15H18FN3O/c16-13-3-1-12(2-4-13)14(20)5-7-18-9-10-19-8-6-17-15(19)11-18/h1-4,6,8,14,20H,5,7,9-11H2. The molecule has 4 nitrogen and oxygen atoms in total. The van der Waals surface area contributed by atoms with E-state index in [0.29, 0.717) is 6.42 Å². The average molecular weight is 275 g/mol. The molecule has 0 bridgehead atoms. The van der Waals surface area contributed by atoms with Gasteiger partial charge in [0.15, 0.2) is 0 Å². The lowest BCUT2D eigenvalue weighted by atomic mass is 10.1. The van der Waals surface area contributed by atoms with Crippen LogP contribution in [0, 0.1) is 5.82 Å². The first-order valence-corrected chi connectivity index (χ1v) is 6.88. The number of aromatic nitrogens is 2. The highest BCUT2D eigenvalue weighted by molar-refractivity contribution is 5.18. The van der Waals surface area contributed by atoms with Crippen molar-refractivity contribution in [2.75, 3.05) is 13.1 Å². The van der Waals surface area contributed by atoms with E-state index in [4.69, 9.17) is 0 Å². The maximum Gasteiger partial charge on any atom is 0.123 e. The summed E-state index contributed by atoms with van der Waals surface area (Å²) in [6, 6.07) is 6.05. The van der Waals surface area contributed by atoms with Crippen LogP contribution in [-0.2, 0) is 13.1 Å². The number of rotatable bonds is 4. The van der Waals surface area contributed by atoms with Crippen molar-refractivity contribution < 1.29 is 9.50 Å². The number of fused-ring (bicyclic) bond motifs is 1. The predicted octanol–water partition coefficient (Wildman–Crippen LogP) is 1.96. The molecule has 1 unspecified atom stereocenters. The van der Waals surface area contributed by atoms with Crippen LogP contribution in [0.5, 0.6) is 0 Å². The normalized spacial score (nSPS) is 16.9. The molecule has 0 aliphatic carbocycles. The summed E-state index contributed by atoms with van der Waals surface area (Å²) >= 11 is 0. The quantitative estimate of drug-likeness (QED) is 0.927. The fraction of sp³-hybridized carbons (Fsp3) is 0.400. The molecule has 0 amide bonds. The van der Waals surface area contributed by atoms with E-state index < -0.39 is 6.10 Å². The number of halogens is 1. The van der Waals surface area contributed by atoms with E-state index in [1.54, 1.807) is 12.1 Å². The first-order valence-electron chi connectivity index (χ1n) is 6.88. The number of aliphatic hydroxyl groups excluding tert-OH is 1. The zero-order valence-electron chi connectivity index (χ0n) is 11.2. The second kappa shape index (κ2) is 5.73. The Labute approximate surface area is 117 Å². The Hall–Kier alpha value is -1.72. The lowest BCUT2D eigenvalue weighted by molar-refractivity contribution is 0.130. The molecule has 20 heavy (non-hydrogen) atoms. The lowest BCUT2D eigenvalue weighted by Gasteiger charge is -2.28. The summed E-state index contributed by atoms with van der Waals surface area (Å²) in [5.41, 5.74) is 0.768. The maximum atomic E-state index is 12.8. The SMILES string of the molecule is OC(CCN1CCn2ccnc2C1)c1ccc(F)cc1. The van der Waals surface area contributed by atoms with Gasteiger partial charge in [-0.05, 0) is 24.1 Å². The number of benzene rings is 1. The minimum atomic E-state index is -0.544. The van der Waals surface area contributed by atoms with Crippen molar-refractivity contribution in [1.82, 2.24) is 14.5 Å². The summed E-state index contributed by atoms with van der Waals surface area (Å²) in [5, 5.41) is 10.1. The zero-order valence-corrected chi connectivity index (χ0v) is 11.2. The van der Waals surface area contributed by atoms with Crippen molar-refractivity contribution >= 4 is 0 Å². The molecule has 1 aromatic carbocycles. The number of aliphatic hydroxyl groups is 1. The van der Waals surface area contributed by atoms with E-state index in [1.807, 2.05) is 12.4 Å². The van der Waals surface area contributed by atoms with Gasteiger partial charge in [-0.1, -0.05) is 12.1 Å². The molecule has 0 fully saturated rings. The van der Waals surface area contributed by atoms with Crippen LogP contribution in [-0.4, -0.2) is 32.6 Å². The van der Waals surface area contributed by atoms with Gasteiger partial charge in [-0.2, -0.15) is 0 Å². The Kier molecular flexibility index (Phi) is 3.80. The smallest absolute Gasteiger partial charge is 0.123 e. The summed E-state index contributed by atoms with van der Waals surface area (Å²) in [6.07, 6.45) is 3.93. The molecule has 2 heterocycles. The second-order valence-electron chi connectivity index (χ2n) is 5.17. The van der Waals surface area contributed by atoms with Crippen molar-refractivity contribution in [3.63, 3.8) is 0 Å². The molecular formula is C15H18FN3O. The Bertz CT molecular complexity index is 567. The highest BCUT2D eigenvalue weighted by Gasteiger charge is 2.17. The number of hydrogen-bond acceptors (Lipinski definition) is 3. The molecule has 1 aromatic heterocycles. The highest BCUT2D eigenvalue weighted by atomic mass is 19.1. The first kappa shape index (κ1) is 13.3. The number of hydrogen-bond donors (Lipinski definition) is 1. The van der Waals surface area contributed by atoms with Crippen molar-refractivity contribution in [2.24, 2.45) is 0 Å². The molecule has 1 N–H and O–H groups in total. The summed E-state index contributed by atoms with van der Waals surface area (Å²) in [7, 11) is 0. The molecule has 1 atom stereocenters. The van der Waals surface area contributed by atoms with E-state index in [2.05, 4.69) is 14.5 Å². The van der Waals surface area contributed by atoms with Crippen LogP contribution < -0.4 is 0 Å². The molecule has 1 aliphatic rings. The van der Waals surface area contributed by atoms with Crippen molar-refractivity contribution in [3.05, 3.63) is 53.9 Å². The number of nitrogens with zero attached hydrogens (tertiary/aromatic N) is 3. The van der Waals surface area contributed by atoms with Crippen molar-refractivity contribution in [3.8, 4) is 0 Å². The van der Waals surface area contributed by atoms with Gasteiger partial charge in [0.1, 0.15) is 11.6 Å². The van der Waals surface area contributed by atoms with Crippen LogP contribution in [0.4, 0.5) is 4.39 Å². The summed E-state index contributed by atoms with van der Waals surface area (Å²) in [4.78, 5) is 6.61. The molecule has 106 valence electrons. The molecule has 3 rings (SSSR count). The summed E-state index contributed by atoms with van der Waals surface area (Å²) < 4.78 is 15.0. The second-order valence-corrected chi connectivity index (χ2v) is 5.17. The fourth-order valence-corrected chi connectivity index (χ4v) is 2.57. The van der Waals surface area contributed by atoms with Gasteiger partial charge in [0.25, 0.3) is 0 Å². The first-order chi connectivity index (χ1) is 9.72. The highest BCUT2D eigenvalue weighted by Crippen LogP contribution is 2.19. The van der Waals surface area contributed by atoms with Gasteiger partial charge in [-0.15, -0.1) is 0 Å². The van der Waals surface area contributed by atoms with Crippen molar-refractivity contribution in [1.29, 1.82) is 0 Å². The van der Waals surface area contributed by atoms with Gasteiger partial charge in [-0.3, -0.25) is 4.90 Å². The van der Waals surface area contributed by atoms with Crippen molar-refractivity contribution in [2.45, 2.75) is 25.6 Å². The molecule has 0 spiro atoms. The minimum Gasteiger partial charge on any atom is -0.388 e. The van der Waals surface area contributed by atoms with E-state index in [-0.39, 0.29) is 5.82 Å². The number of imidazole rings is 1. The average Bonchev–Trinajstić information content (AvgIpc) is 2.93. The van der Waals surface area contributed by atoms with Gasteiger partial charge >= 0.3 is 0 Å². The molecule has 5 heteroatoms. The van der Waals surface area contributed by atoms with Crippen LogP contribution in [0.15, 0.2) is 36.7 Å². The van der Waals surface area contributed by atoms with Crippen LogP contribution in [0.2, 0.25) is 0 Å². The zero-order chi connectivity index (χ0) is 13.9. The molecule has 0 radical (unpaired) electrons. The van der Waals surface area contributed by atoms with Crippen LogP contribution in [0.1, 0.15) is 23.9 Å². The van der Waals surface area contributed by atoms with Crippen LogP contribution in [0.25, 0.3) is 0 Å². The fourth-order valence-electron chi connectivity index (χ4n) is 2.57. The lowest BCUT2D eigenvalue weighted by Crippen LogP contribution is -2.34. The Morgan fingerprint density at radius 1 is 1.25 bits per heavy atom. The summed E-state index contributed by atoms with van der Waals surface area (Å²) in [5.74, 6) is 0.802. The molecule has 0 saturated heterocycles. The third-order valence-corrected chi connectivity index (χ3v) is 3.80. The Morgan fingerprint density at radius 2 is 2.05 bits per heavy atom. The van der Waals surface area contributed by atoms with Gasteiger partial charge in [-0.25, -0.2) is 9.37 Å². The van der Waals surface area contributed by atoms with E-state index in [9.17, 15) is 9.50 Å². The molecule has 0 saturated carbocycles. The van der Waals surface area contributed by atoms with Gasteiger partial charge < -0.3 is 9.67 Å². The molecule has 1 aliphatic heterocycles. The summed E-state index contributed by atoms with van der Waals surface area (Å²) in [6.45, 7) is 3.55.